The van der Waals surface area contributed by atoms with Crippen molar-refractivity contribution in [2.45, 2.75) is 6.42 Å². The van der Waals surface area contributed by atoms with Crippen molar-refractivity contribution in [1.29, 1.82) is 0 Å². The first kappa shape index (κ1) is 11.8. The highest BCUT2D eigenvalue weighted by Gasteiger charge is 2.16. The van der Waals surface area contributed by atoms with Crippen molar-refractivity contribution >= 4 is 12.2 Å². The molecule has 1 amide bonds. The summed E-state index contributed by atoms with van der Waals surface area (Å²) in [6, 6.07) is 7.15. The summed E-state index contributed by atoms with van der Waals surface area (Å²) in [5.41, 5.74) is 1.49. The second-order valence-electron chi connectivity index (χ2n) is 4.03. The minimum absolute atomic E-state index is 0.0938. The SMILES string of the molecule is O=Cc1cccc(CC(=O)N2CCOCC2)c1. The van der Waals surface area contributed by atoms with Gasteiger partial charge in [-0.15, -0.1) is 0 Å². The molecule has 90 valence electrons. The van der Waals surface area contributed by atoms with Crippen molar-refractivity contribution in [3.63, 3.8) is 0 Å². The van der Waals surface area contributed by atoms with Gasteiger partial charge in [0.2, 0.25) is 5.91 Å². The maximum Gasteiger partial charge on any atom is 0.227 e. The molecule has 4 nitrogen and oxygen atoms in total. The minimum Gasteiger partial charge on any atom is -0.378 e. The van der Waals surface area contributed by atoms with Gasteiger partial charge in [-0.3, -0.25) is 9.59 Å². The molecule has 0 N–H and O–H groups in total. The molecule has 0 atom stereocenters. The zero-order valence-electron chi connectivity index (χ0n) is 9.59. The number of rotatable bonds is 3. The minimum atomic E-state index is 0.0938. The van der Waals surface area contributed by atoms with Gasteiger partial charge in [0, 0.05) is 18.7 Å². The Kier molecular flexibility index (Phi) is 3.88. The molecule has 1 fully saturated rings. The van der Waals surface area contributed by atoms with E-state index in [0.29, 0.717) is 38.3 Å². The van der Waals surface area contributed by atoms with Gasteiger partial charge in [-0.05, 0) is 11.6 Å². The molecule has 17 heavy (non-hydrogen) atoms. The molecule has 1 saturated heterocycles. The fourth-order valence-corrected chi connectivity index (χ4v) is 1.88. The Balaban J connectivity index is 1.99. The lowest BCUT2D eigenvalue weighted by molar-refractivity contribution is -0.134. The van der Waals surface area contributed by atoms with Crippen LogP contribution >= 0.6 is 0 Å². The summed E-state index contributed by atoms with van der Waals surface area (Å²) in [5.74, 6) is 0.0938. The number of aldehydes is 1. The van der Waals surface area contributed by atoms with Crippen LogP contribution in [0, 0.1) is 0 Å². The van der Waals surface area contributed by atoms with E-state index >= 15 is 0 Å². The molecule has 0 bridgehead atoms. The highest BCUT2D eigenvalue weighted by atomic mass is 16.5. The number of ether oxygens (including phenoxy) is 1. The Bertz CT molecular complexity index is 411. The van der Waals surface area contributed by atoms with E-state index in [1.54, 1.807) is 23.1 Å². The summed E-state index contributed by atoms with van der Waals surface area (Å²) < 4.78 is 5.20. The zero-order chi connectivity index (χ0) is 12.1. The lowest BCUT2D eigenvalue weighted by atomic mass is 10.1. The second-order valence-corrected chi connectivity index (χ2v) is 4.03. The first-order valence-electron chi connectivity index (χ1n) is 5.69. The maximum atomic E-state index is 11.9. The molecule has 0 aliphatic carbocycles. The molecule has 1 aromatic carbocycles. The lowest BCUT2D eigenvalue weighted by Crippen LogP contribution is -2.41. The van der Waals surface area contributed by atoms with Gasteiger partial charge in [-0.2, -0.15) is 0 Å². The van der Waals surface area contributed by atoms with Crippen molar-refractivity contribution in [2.75, 3.05) is 26.3 Å². The quantitative estimate of drug-likeness (QED) is 0.729. The van der Waals surface area contributed by atoms with E-state index in [2.05, 4.69) is 0 Å². The van der Waals surface area contributed by atoms with Gasteiger partial charge in [-0.25, -0.2) is 0 Å². The zero-order valence-corrected chi connectivity index (χ0v) is 9.59. The maximum absolute atomic E-state index is 11.9. The number of carbonyl (C=O) groups excluding carboxylic acids is 2. The number of morpholine rings is 1. The van der Waals surface area contributed by atoms with Crippen LogP contribution < -0.4 is 0 Å². The average molecular weight is 233 g/mol. The Morgan fingerprint density at radius 1 is 1.35 bits per heavy atom. The van der Waals surface area contributed by atoms with Crippen LogP contribution in [0.15, 0.2) is 24.3 Å². The number of hydrogen-bond donors (Lipinski definition) is 0. The average Bonchev–Trinajstić information content (AvgIpc) is 2.40. The van der Waals surface area contributed by atoms with Gasteiger partial charge < -0.3 is 9.64 Å². The molecule has 0 aromatic heterocycles. The molecule has 0 radical (unpaired) electrons. The van der Waals surface area contributed by atoms with Gasteiger partial charge in [0.25, 0.3) is 0 Å². The third kappa shape index (κ3) is 3.14. The topological polar surface area (TPSA) is 46.6 Å². The summed E-state index contributed by atoms with van der Waals surface area (Å²) in [4.78, 5) is 24.4. The van der Waals surface area contributed by atoms with Crippen molar-refractivity contribution in [3.05, 3.63) is 35.4 Å². The summed E-state index contributed by atoms with van der Waals surface area (Å²) in [6.45, 7) is 2.54. The smallest absolute Gasteiger partial charge is 0.227 e. The number of hydrogen-bond acceptors (Lipinski definition) is 3. The number of amides is 1. The molecule has 2 rings (SSSR count). The van der Waals surface area contributed by atoms with Crippen LogP contribution in [0.1, 0.15) is 15.9 Å². The van der Waals surface area contributed by atoms with Gasteiger partial charge in [0.15, 0.2) is 0 Å². The first-order chi connectivity index (χ1) is 8.29. The molecule has 1 aromatic rings. The second kappa shape index (κ2) is 5.59. The Labute approximate surface area is 100 Å². The molecule has 1 aliphatic rings. The molecule has 0 unspecified atom stereocenters. The standard InChI is InChI=1S/C13H15NO3/c15-10-12-3-1-2-11(8-12)9-13(16)14-4-6-17-7-5-14/h1-3,8,10H,4-7,9H2. The Morgan fingerprint density at radius 2 is 2.12 bits per heavy atom. The van der Waals surface area contributed by atoms with Crippen LogP contribution in [0.5, 0.6) is 0 Å². The highest BCUT2D eigenvalue weighted by molar-refractivity contribution is 5.80. The molecular weight excluding hydrogens is 218 g/mol. The van der Waals surface area contributed by atoms with E-state index in [9.17, 15) is 9.59 Å². The third-order valence-corrected chi connectivity index (χ3v) is 2.81. The molecule has 1 aliphatic heterocycles. The fraction of sp³-hybridized carbons (Fsp3) is 0.385. The van der Waals surface area contributed by atoms with Crippen LogP contribution in [-0.2, 0) is 16.0 Å². The summed E-state index contributed by atoms with van der Waals surface area (Å²) in [7, 11) is 0. The normalized spacial score (nSPS) is 15.6. The van der Waals surface area contributed by atoms with E-state index in [0.717, 1.165) is 11.8 Å². The molecule has 1 heterocycles. The lowest BCUT2D eigenvalue weighted by Gasteiger charge is -2.26. The van der Waals surface area contributed by atoms with Crippen LogP contribution in [0.2, 0.25) is 0 Å². The van der Waals surface area contributed by atoms with Crippen LogP contribution in [0.25, 0.3) is 0 Å². The van der Waals surface area contributed by atoms with Gasteiger partial charge in [0.05, 0.1) is 19.6 Å². The van der Waals surface area contributed by atoms with Crippen molar-refractivity contribution in [2.24, 2.45) is 0 Å². The van der Waals surface area contributed by atoms with E-state index in [1.165, 1.54) is 0 Å². The molecule has 4 heteroatoms. The van der Waals surface area contributed by atoms with Crippen LogP contribution in [0.4, 0.5) is 0 Å². The molecule has 0 saturated carbocycles. The van der Waals surface area contributed by atoms with Crippen LogP contribution in [0.3, 0.4) is 0 Å². The van der Waals surface area contributed by atoms with E-state index in [4.69, 9.17) is 4.74 Å². The predicted octanol–water partition coefficient (Wildman–Crippen LogP) is 0.900. The number of nitrogens with zero attached hydrogens (tertiary/aromatic N) is 1. The van der Waals surface area contributed by atoms with Gasteiger partial charge >= 0.3 is 0 Å². The molecular formula is C13H15NO3. The number of carbonyl (C=O) groups is 2. The van der Waals surface area contributed by atoms with Gasteiger partial charge in [0.1, 0.15) is 6.29 Å². The van der Waals surface area contributed by atoms with E-state index in [-0.39, 0.29) is 5.91 Å². The van der Waals surface area contributed by atoms with E-state index in [1.807, 2.05) is 6.07 Å². The summed E-state index contributed by atoms with van der Waals surface area (Å²) in [6.07, 6.45) is 1.14. The van der Waals surface area contributed by atoms with Crippen LogP contribution in [-0.4, -0.2) is 43.4 Å². The van der Waals surface area contributed by atoms with Crippen molar-refractivity contribution in [3.8, 4) is 0 Å². The predicted molar refractivity (Wildman–Crippen MR) is 62.9 cm³/mol. The summed E-state index contributed by atoms with van der Waals surface area (Å²) >= 11 is 0. The van der Waals surface area contributed by atoms with Gasteiger partial charge in [-0.1, -0.05) is 18.2 Å². The van der Waals surface area contributed by atoms with Crippen molar-refractivity contribution < 1.29 is 14.3 Å². The number of benzene rings is 1. The first-order valence-corrected chi connectivity index (χ1v) is 5.69. The Morgan fingerprint density at radius 3 is 2.82 bits per heavy atom. The third-order valence-electron chi connectivity index (χ3n) is 2.81. The monoisotopic (exact) mass is 233 g/mol. The van der Waals surface area contributed by atoms with Crippen molar-refractivity contribution in [1.82, 2.24) is 4.90 Å². The van der Waals surface area contributed by atoms with E-state index < -0.39 is 0 Å². The summed E-state index contributed by atoms with van der Waals surface area (Å²) in [5, 5.41) is 0. The molecule has 0 spiro atoms. The largest absolute Gasteiger partial charge is 0.378 e. The highest BCUT2D eigenvalue weighted by Crippen LogP contribution is 2.07. The Hall–Kier alpha value is -1.68. The fourth-order valence-electron chi connectivity index (χ4n) is 1.88.